The number of amides is 2. The number of nitrogens with zero attached hydrogens (tertiary/aromatic N) is 4. The monoisotopic (exact) mass is 537 g/mol. The molecule has 1 aliphatic rings. The molecule has 0 spiro atoms. The van der Waals surface area contributed by atoms with Gasteiger partial charge in [-0.1, -0.05) is 41.2 Å². The zero-order valence-electron chi connectivity index (χ0n) is 18.0. The van der Waals surface area contributed by atoms with E-state index in [0.717, 1.165) is 11.1 Å². The van der Waals surface area contributed by atoms with Crippen molar-refractivity contribution in [2.24, 2.45) is 0 Å². The summed E-state index contributed by atoms with van der Waals surface area (Å²) in [6, 6.07) is 4.82. The molecule has 182 valence electrons. The number of terminal acetylenes is 1. The molecule has 3 aromatic rings. The first-order valence-electron chi connectivity index (χ1n) is 10.4. The SMILES string of the molecule is C#CCSc1nnc(NC(=O)c2csc(C3CCN(C(=O)c4ccccc4C(F)(F)F)CC3)n2)s1. The summed E-state index contributed by atoms with van der Waals surface area (Å²) in [7, 11) is 0. The van der Waals surface area contributed by atoms with Gasteiger partial charge in [0.25, 0.3) is 11.8 Å². The Morgan fingerprint density at radius 1 is 1.23 bits per heavy atom. The number of halogens is 3. The predicted octanol–water partition coefficient (Wildman–Crippen LogP) is 5.01. The largest absolute Gasteiger partial charge is 0.417 e. The second-order valence-corrected chi connectivity index (χ2v) is 10.6. The second kappa shape index (κ2) is 10.8. The van der Waals surface area contributed by atoms with Crippen LogP contribution in [0.1, 0.15) is 50.2 Å². The Bertz CT molecular complexity index is 1260. The van der Waals surface area contributed by atoms with Gasteiger partial charge in [0.15, 0.2) is 4.34 Å². The third-order valence-electron chi connectivity index (χ3n) is 5.25. The molecule has 1 fully saturated rings. The Labute approximate surface area is 211 Å². The molecule has 1 aromatic carbocycles. The van der Waals surface area contributed by atoms with Gasteiger partial charge in [0.05, 0.1) is 21.9 Å². The van der Waals surface area contributed by atoms with E-state index in [0.29, 0.717) is 41.2 Å². The molecule has 4 rings (SSSR count). The fourth-order valence-electron chi connectivity index (χ4n) is 3.58. The van der Waals surface area contributed by atoms with Crippen molar-refractivity contribution in [3.8, 4) is 12.3 Å². The van der Waals surface area contributed by atoms with Gasteiger partial charge in [0, 0.05) is 24.4 Å². The minimum absolute atomic E-state index is 0.0109. The van der Waals surface area contributed by atoms with E-state index in [9.17, 15) is 22.8 Å². The average molecular weight is 538 g/mol. The number of carbonyl (C=O) groups excluding carboxylic acids is 2. The number of rotatable bonds is 6. The number of anilines is 1. The third kappa shape index (κ3) is 6.01. The summed E-state index contributed by atoms with van der Waals surface area (Å²) in [5.74, 6) is 1.92. The van der Waals surface area contributed by atoms with E-state index < -0.39 is 23.6 Å². The summed E-state index contributed by atoms with van der Waals surface area (Å²) in [6.07, 6.45) is 1.71. The van der Waals surface area contributed by atoms with Gasteiger partial charge in [0.1, 0.15) is 5.69 Å². The number of thioether (sulfide) groups is 1. The number of benzene rings is 1. The molecule has 0 radical (unpaired) electrons. The van der Waals surface area contributed by atoms with E-state index in [2.05, 4.69) is 26.4 Å². The Balaban J connectivity index is 1.35. The summed E-state index contributed by atoms with van der Waals surface area (Å²) in [5, 5.41) is 13.3. The van der Waals surface area contributed by atoms with Gasteiger partial charge >= 0.3 is 6.18 Å². The average Bonchev–Trinajstić information content (AvgIpc) is 3.52. The highest BCUT2D eigenvalue weighted by Crippen LogP contribution is 2.35. The lowest BCUT2D eigenvalue weighted by Gasteiger charge is -2.31. The lowest BCUT2D eigenvalue weighted by Crippen LogP contribution is -2.38. The minimum atomic E-state index is -4.60. The quantitative estimate of drug-likeness (QED) is 0.270. The zero-order valence-corrected chi connectivity index (χ0v) is 20.5. The molecule has 1 N–H and O–H groups in total. The van der Waals surface area contributed by atoms with Crippen LogP contribution in [0.5, 0.6) is 0 Å². The summed E-state index contributed by atoms with van der Waals surface area (Å²) >= 11 is 3.91. The van der Waals surface area contributed by atoms with Crippen LogP contribution in [-0.4, -0.2) is 50.7 Å². The van der Waals surface area contributed by atoms with E-state index in [1.807, 2.05) is 0 Å². The van der Waals surface area contributed by atoms with Crippen molar-refractivity contribution in [1.82, 2.24) is 20.1 Å². The number of hydrogen-bond donors (Lipinski definition) is 1. The van der Waals surface area contributed by atoms with Crippen LogP contribution in [0.2, 0.25) is 0 Å². The molecule has 0 saturated carbocycles. The molecular formula is C22H18F3N5O2S3. The van der Waals surface area contributed by atoms with Crippen LogP contribution in [0.25, 0.3) is 0 Å². The number of carbonyl (C=O) groups is 2. The van der Waals surface area contributed by atoms with E-state index in [-0.39, 0.29) is 17.2 Å². The lowest BCUT2D eigenvalue weighted by molar-refractivity contribution is -0.138. The maximum atomic E-state index is 13.3. The fourth-order valence-corrected chi connectivity index (χ4v) is 5.98. The molecule has 13 heteroatoms. The topological polar surface area (TPSA) is 88.1 Å². The number of nitrogens with one attached hydrogen (secondary N) is 1. The van der Waals surface area contributed by atoms with Crippen LogP contribution in [0, 0.1) is 12.3 Å². The van der Waals surface area contributed by atoms with Crippen LogP contribution in [0.3, 0.4) is 0 Å². The third-order valence-corrected chi connectivity index (χ3v) is 8.14. The van der Waals surface area contributed by atoms with Gasteiger partial charge in [-0.2, -0.15) is 13.2 Å². The Hall–Kier alpha value is -2.95. The zero-order chi connectivity index (χ0) is 25.0. The van der Waals surface area contributed by atoms with E-state index in [1.165, 1.54) is 57.5 Å². The maximum Gasteiger partial charge on any atom is 0.417 e. The van der Waals surface area contributed by atoms with Crippen molar-refractivity contribution in [2.75, 3.05) is 24.2 Å². The van der Waals surface area contributed by atoms with E-state index >= 15 is 0 Å². The second-order valence-electron chi connectivity index (χ2n) is 7.50. The fraction of sp³-hybridized carbons (Fsp3) is 0.318. The number of likely N-dealkylation sites (tertiary alicyclic amines) is 1. The molecule has 7 nitrogen and oxygen atoms in total. The molecular weight excluding hydrogens is 519 g/mol. The van der Waals surface area contributed by atoms with Crippen molar-refractivity contribution < 1.29 is 22.8 Å². The Morgan fingerprint density at radius 2 is 1.97 bits per heavy atom. The lowest BCUT2D eigenvalue weighted by atomic mass is 9.96. The van der Waals surface area contributed by atoms with Gasteiger partial charge in [-0.05, 0) is 25.0 Å². The van der Waals surface area contributed by atoms with Gasteiger partial charge in [0.2, 0.25) is 5.13 Å². The summed E-state index contributed by atoms with van der Waals surface area (Å²) in [5.41, 5.74) is -1.03. The molecule has 0 aliphatic carbocycles. The van der Waals surface area contributed by atoms with Crippen molar-refractivity contribution in [3.05, 3.63) is 51.5 Å². The highest BCUT2D eigenvalue weighted by molar-refractivity contribution is 8.01. The van der Waals surface area contributed by atoms with Gasteiger partial charge < -0.3 is 4.90 Å². The molecule has 0 bridgehead atoms. The van der Waals surface area contributed by atoms with Crippen molar-refractivity contribution in [2.45, 2.75) is 29.3 Å². The van der Waals surface area contributed by atoms with Crippen LogP contribution in [-0.2, 0) is 6.18 Å². The number of piperidine rings is 1. The highest BCUT2D eigenvalue weighted by atomic mass is 32.2. The maximum absolute atomic E-state index is 13.3. The molecule has 35 heavy (non-hydrogen) atoms. The van der Waals surface area contributed by atoms with E-state index in [1.54, 1.807) is 5.38 Å². The van der Waals surface area contributed by atoms with Gasteiger partial charge in [-0.3, -0.25) is 14.9 Å². The number of thiazole rings is 1. The van der Waals surface area contributed by atoms with Crippen LogP contribution >= 0.6 is 34.4 Å². The van der Waals surface area contributed by atoms with Crippen LogP contribution in [0.15, 0.2) is 34.0 Å². The molecule has 0 unspecified atom stereocenters. The molecule has 2 amide bonds. The molecule has 2 aromatic heterocycles. The minimum Gasteiger partial charge on any atom is -0.339 e. The van der Waals surface area contributed by atoms with E-state index in [4.69, 9.17) is 6.42 Å². The molecule has 0 atom stereocenters. The first-order valence-corrected chi connectivity index (χ1v) is 13.1. The van der Waals surface area contributed by atoms with Crippen molar-refractivity contribution in [1.29, 1.82) is 0 Å². The Kier molecular flexibility index (Phi) is 7.73. The first-order chi connectivity index (χ1) is 16.8. The van der Waals surface area contributed by atoms with Crippen molar-refractivity contribution in [3.63, 3.8) is 0 Å². The highest BCUT2D eigenvalue weighted by Gasteiger charge is 2.36. The number of aromatic nitrogens is 3. The van der Waals surface area contributed by atoms with Gasteiger partial charge in [-0.25, -0.2) is 4.98 Å². The van der Waals surface area contributed by atoms with Crippen molar-refractivity contribution >= 4 is 51.4 Å². The number of hydrogen-bond acceptors (Lipinski definition) is 8. The Morgan fingerprint density at radius 3 is 2.69 bits per heavy atom. The molecule has 3 heterocycles. The summed E-state index contributed by atoms with van der Waals surface area (Å²) in [4.78, 5) is 31.2. The first kappa shape index (κ1) is 25.2. The van der Waals surface area contributed by atoms with Crippen LogP contribution < -0.4 is 5.32 Å². The summed E-state index contributed by atoms with van der Waals surface area (Å²) in [6.45, 7) is 0.610. The molecule has 1 aliphatic heterocycles. The smallest absolute Gasteiger partial charge is 0.339 e. The number of alkyl halides is 3. The predicted molar refractivity (Wildman–Crippen MR) is 129 cm³/mol. The standard InChI is InChI=1S/C22H18F3N5O2S3/c1-2-11-33-21-29-28-20(35-21)27-17(31)16-12-34-18(26-16)13-7-9-30(10-8-13)19(32)14-5-3-4-6-15(14)22(23,24)25/h1,3-6,12-13H,7-11H2,(H,27,28,31). The van der Waals surface area contributed by atoms with Crippen LogP contribution in [0.4, 0.5) is 18.3 Å². The summed E-state index contributed by atoms with van der Waals surface area (Å²) < 4.78 is 40.5. The van der Waals surface area contributed by atoms with Gasteiger partial charge in [-0.15, -0.1) is 28.0 Å². The molecule has 1 saturated heterocycles. The normalized spacial score (nSPS) is 14.5.